The van der Waals surface area contributed by atoms with Gasteiger partial charge in [-0.05, 0) is 124 Å². The van der Waals surface area contributed by atoms with E-state index in [0.717, 1.165) is 19.3 Å². The Morgan fingerprint density at radius 2 is 1.49 bits per heavy atom. The molecule has 4 aliphatic carbocycles. The Balaban J connectivity index is 1.38. The van der Waals surface area contributed by atoms with Gasteiger partial charge in [-0.15, -0.1) is 0 Å². The first-order valence-electron chi connectivity index (χ1n) is 20.8. The lowest BCUT2D eigenvalue weighted by atomic mass is 9.34. The fourth-order valence-corrected chi connectivity index (χ4v) is 13.3. The van der Waals surface area contributed by atoms with Crippen molar-refractivity contribution in [1.29, 1.82) is 0 Å². The molecule has 2 saturated heterocycles. The van der Waals surface area contributed by atoms with E-state index in [-0.39, 0.29) is 23.7 Å². The molecule has 6 rings (SSSR count). The molecule has 0 aromatic heterocycles. The van der Waals surface area contributed by atoms with Crippen LogP contribution < -0.4 is 0 Å². The van der Waals surface area contributed by atoms with Gasteiger partial charge in [-0.1, -0.05) is 46.3 Å². The van der Waals surface area contributed by atoms with Crippen LogP contribution in [0.1, 0.15) is 114 Å². The molecule has 0 unspecified atom stereocenters. The largest absolute Gasteiger partial charge is 0.394 e. The van der Waals surface area contributed by atoms with Crippen molar-refractivity contribution in [2.75, 3.05) is 6.61 Å². The Hall–Kier alpha value is -0.780. The molecule has 6 aliphatic rings. The number of rotatable bonds is 9. The first-order chi connectivity index (χ1) is 25.5. The van der Waals surface area contributed by atoms with Gasteiger partial charge in [0.15, 0.2) is 12.6 Å². The van der Waals surface area contributed by atoms with Crippen LogP contribution >= 0.6 is 0 Å². The zero-order valence-electron chi connectivity index (χ0n) is 34.4. The van der Waals surface area contributed by atoms with Gasteiger partial charge >= 0.3 is 0 Å². The summed E-state index contributed by atoms with van der Waals surface area (Å²) in [6, 6.07) is 0. The van der Waals surface area contributed by atoms with Crippen LogP contribution in [0.2, 0.25) is 0 Å². The molecule has 0 bridgehead atoms. The van der Waals surface area contributed by atoms with Crippen LogP contribution in [-0.2, 0) is 18.9 Å². The molecule has 55 heavy (non-hydrogen) atoms. The third-order valence-electron chi connectivity index (χ3n) is 16.5. The lowest BCUT2D eigenvalue weighted by Gasteiger charge is -2.72. The molecule has 6 fully saturated rings. The van der Waals surface area contributed by atoms with E-state index in [1.165, 1.54) is 12.5 Å². The second-order valence-corrected chi connectivity index (χ2v) is 20.3. The van der Waals surface area contributed by atoms with Gasteiger partial charge in [-0.3, -0.25) is 0 Å². The maximum absolute atomic E-state index is 12.3. The minimum atomic E-state index is -1.70. The number of fused-ring (bicyclic) bond motifs is 5. The highest BCUT2D eigenvalue weighted by atomic mass is 16.8. The van der Waals surface area contributed by atoms with Crippen molar-refractivity contribution in [3.8, 4) is 0 Å². The standard InChI is InChI=1S/C42H72O13/c1-20(2)11-10-14-42(9,51)22-12-16-40(7)28(22)23(44)17-26-39(6)15-13-27(45)38(4,5)35(39)24(18-41(26,40)8)53-37-34(32(49)30(47)25(19-43)54-37)55-36-33(50)31(48)29(46)21(3)52-36/h11,21-37,43-51H,10,12-19H2,1-9H3/t21-,22-,23+,24+,25+,26+,27+,28-,29-,30+,31+,32-,33+,34+,35+,36+,37-,39+,40+,41+,42-/m0/s1. The summed E-state index contributed by atoms with van der Waals surface area (Å²) in [5.41, 5.74) is -1.71. The molecule has 0 aromatic rings. The minimum Gasteiger partial charge on any atom is -0.394 e. The van der Waals surface area contributed by atoms with Crippen molar-refractivity contribution in [3.05, 3.63) is 11.6 Å². The number of aliphatic hydroxyl groups is 9. The Labute approximate surface area is 327 Å². The van der Waals surface area contributed by atoms with E-state index < -0.39 is 114 Å². The molecule has 21 atom stereocenters. The summed E-state index contributed by atoms with van der Waals surface area (Å²) in [6.07, 6.45) is -8.99. The number of allylic oxidation sites excluding steroid dienone is 2. The summed E-state index contributed by atoms with van der Waals surface area (Å²) in [7, 11) is 0. The Bertz CT molecular complexity index is 1390. The van der Waals surface area contributed by atoms with E-state index in [0.29, 0.717) is 32.1 Å². The van der Waals surface area contributed by atoms with E-state index in [1.807, 2.05) is 20.8 Å². The second kappa shape index (κ2) is 15.4. The van der Waals surface area contributed by atoms with Crippen LogP contribution in [0.5, 0.6) is 0 Å². The zero-order valence-corrected chi connectivity index (χ0v) is 34.4. The molecule has 4 saturated carbocycles. The number of hydrogen-bond acceptors (Lipinski definition) is 13. The van der Waals surface area contributed by atoms with Gasteiger partial charge in [0.25, 0.3) is 0 Å². The first-order valence-corrected chi connectivity index (χ1v) is 20.8. The quantitative estimate of drug-likeness (QED) is 0.121. The van der Waals surface area contributed by atoms with Crippen LogP contribution in [0, 0.1) is 45.3 Å². The van der Waals surface area contributed by atoms with E-state index in [9.17, 15) is 46.0 Å². The maximum Gasteiger partial charge on any atom is 0.187 e. The summed E-state index contributed by atoms with van der Waals surface area (Å²) >= 11 is 0. The van der Waals surface area contributed by atoms with Gasteiger partial charge in [0, 0.05) is 0 Å². The number of ether oxygens (including phenoxy) is 4. The van der Waals surface area contributed by atoms with Crippen LogP contribution in [0.15, 0.2) is 11.6 Å². The van der Waals surface area contributed by atoms with Crippen molar-refractivity contribution in [2.45, 2.75) is 199 Å². The van der Waals surface area contributed by atoms with E-state index in [4.69, 9.17) is 18.9 Å². The third-order valence-corrected chi connectivity index (χ3v) is 16.5. The van der Waals surface area contributed by atoms with E-state index in [2.05, 4.69) is 40.7 Å². The average molecular weight is 785 g/mol. The fourth-order valence-electron chi connectivity index (χ4n) is 13.3. The molecular weight excluding hydrogens is 712 g/mol. The smallest absolute Gasteiger partial charge is 0.187 e. The van der Waals surface area contributed by atoms with Crippen molar-refractivity contribution in [1.82, 2.24) is 0 Å². The van der Waals surface area contributed by atoms with Gasteiger partial charge in [0.2, 0.25) is 0 Å². The van der Waals surface area contributed by atoms with E-state index >= 15 is 0 Å². The van der Waals surface area contributed by atoms with Crippen molar-refractivity contribution >= 4 is 0 Å². The van der Waals surface area contributed by atoms with Gasteiger partial charge in [-0.25, -0.2) is 0 Å². The average Bonchev–Trinajstić information content (AvgIpc) is 3.49. The highest BCUT2D eigenvalue weighted by molar-refractivity contribution is 5.22. The Morgan fingerprint density at radius 1 is 0.818 bits per heavy atom. The first kappa shape index (κ1) is 43.8. The predicted octanol–water partition coefficient (Wildman–Crippen LogP) is 2.15. The molecule has 9 N–H and O–H groups in total. The zero-order chi connectivity index (χ0) is 40.8. The second-order valence-electron chi connectivity index (χ2n) is 20.3. The summed E-state index contributed by atoms with van der Waals surface area (Å²) in [5.74, 6) is -0.526. The van der Waals surface area contributed by atoms with Crippen LogP contribution in [0.25, 0.3) is 0 Å². The van der Waals surface area contributed by atoms with Crippen molar-refractivity contribution < 1.29 is 64.9 Å². The highest BCUT2D eigenvalue weighted by Gasteiger charge is 2.73. The number of aliphatic hydroxyl groups excluding tert-OH is 8. The van der Waals surface area contributed by atoms with Crippen LogP contribution in [-0.4, -0.2) is 138 Å². The molecule has 13 heteroatoms. The van der Waals surface area contributed by atoms with Crippen LogP contribution in [0.3, 0.4) is 0 Å². The molecule has 0 aromatic carbocycles. The normalized spacial score (nSPS) is 53.4. The number of hydrogen-bond donors (Lipinski definition) is 9. The van der Waals surface area contributed by atoms with Gasteiger partial charge in [0.05, 0.1) is 36.6 Å². The molecule has 2 heterocycles. The monoisotopic (exact) mass is 784 g/mol. The Morgan fingerprint density at radius 3 is 2.13 bits per heavy atom. The summed E-state index contributed by atoms with van der Waals surface area (Å²) in [6.45, 7) is 17.8. The molecule has 0 spiro atoms. The van der Waals surface area contributed by atoms with Crippen LogP contribution in [0.4, 0.5) is 0 Å². The van der Waals surface area contributed by atoms with Crippen molar-refractivity contribution in [3.63, 3.8) is 0 Å². The molecule has 13 nitrogen and oxygen atoms in total. The van der Waals surface area contributed by atoms with Gasteiger partial charge in [0.1, 0.15) is 42.7 Å². The summed E-state index contributed by atoms with van der Waals surface area (Å²) < 4.78 is 25.1. The fraction of sp³-hybridized carbons (Fsp3) is 0.952. The van der Waals surface area contributed by atoms with Crippen molar-refractivity contribution in [2.24, 2.45) is 45.3 Å². The lowest BCUT2D eigenvalue weighted by molar-refractivity contribution is -0.382. The summed E-state index contributed by atoms with van der Waals surface area (Å²) in [4.78, 5) is 0. The highest BCUT2D eigenvalue weighted by Crippen LogP contribution is 2.76. The molecule has 0 radical (unpaired) electrons. The maximum atomic E-state index is 12.3. The molecule has 2 aliphatic heterocycles. The lowest BCUT2D eigenvalue weighted by Crippen LogP contribution is -2.71. The SMILES string of the molecule is CC(C)=CCC[C@](C)(O)[C@H]1CC[C@]2(C)[C@@H]1[C@H](O)C[C@@H]1[C@@]3(C)CC[C@@H](O)C(C)(C)[C@H]3[C@H](O[C@H]3O[C@H](CO)[C@@H](O)[C@H](O)[C@H]3O[C@H]3O[C@@H](C)[C@H](O)[C@@H](O)[C@H]3O)C[C@]12C. The Kier molecular flexibility index (Phi) is 12.2. The minimum absolute atomic E-state index is 0.0411. The predicted molar refractivity (Wildman–Crippen MR) is 201 cm³/mol. The van der Waals surface area contributed by atoms with Gasteiger partial charge in [-0.2, -0.15) is 0 Å². The van der Waals surface area contributed by atoms with Gasteiger partial charge < -0.3 is 64.9 Å². The topological polar surface area (TPSA) is 219 Å². The molecule has 318 valence electrons. The molecule has 0 amide bonds. The molecular formula is C42H72O13. The van der Waals surface area contributed by atoms with E-state index in [1.54, 1.807) is 0 Å². The summed E-state index contributed by atoms with van der Waals surface area (Å²) in [5, 5.41) is 100. The third kappa shape index (κ3) is 7.10.